The molecule has 180 valence electrons. The molecule has 0 spiro atoms. The first-order valence-electron chi connectivity index (χ1n) is 10.3. The zero-order valence-corrected chi connectivity index (χ0v) is 20.0. The van der Waals surface area contributed by atoms with Crippen LogP contribution in [0.25, 0.3) is 0 Å². The molecule has 1 heterocycles. The molecule has 2 aromatic rings. The van der Waals surface area contributed by atoms with Crippen molar-refractivity contribution in [2.24, 2.45) is 0 Å². The van der Waals surface area contributed by atoms with Gasteiger partial charge in [-0.05, 0) is 23.8 Å². The Morgan fingerprint density at radius 3 is 2.42 bits per heavy atom. The van der Waals surface area contributed by atoms with E-state index < -0.39 is 26.0 Å². The summed E-state index contributed by atoms with van der Waals surface area (Å²) < 4.78 is 64.5. The summed E-state index contributed by atoms with van der Waals surface area (Å²) in [6, 6.07) is 10.7. The standard InChI is InChI=1S/C21H27N3O7S2/c1-24(2)33(28,29)20-7-4-3-6-16(20)15-22-21(25)10-11-23-32(26,27)17-8-9-18-19(14-17)31-13-5-12-30-18/h3-4,6-9,14,23H,5,10-13,15H2,1-2H3,(H,22,25). The number of hydrogen-bond donors (Lipinski definition) is 2. The summed E-state index contributed by atoms with van der Waals surface area (Å²) >= 11 is 0. The maximum atomic E-state index is 12.6. The number of carbonyl (C=O) groups is 1. The number of hydrogen-bond acceptors (Lipinski definition) is 7. The molecule has 1 amide bonds. The van der Waals surface area contributed by atoms with Crippen molar-refractivity contribution in [1.29, 1.82) is 0 Å². The average molecular weight is 498 g/mol. The molecule has 0 bridgehead atoms. The first-order valence-corrected chi connectivity index (χ1v) is 13.2. The van der Waals surface area contributed by atoms with Gasteiger partial charge in [0.2, 0.25) is 26.0 Å². The molecular formula is C21H27N3O7S2. The van der Waals surface area contributed by atoms with Crippen LogP contribution in [0.1, 0.15) is 18.4 Å². The number of nitrogens with one attached hydrogen (secondary N) is 2. The highest BCUT2D eigenvalue weighted by atomic mass is 32.2. The van der Waals surface area contributed by atoms with E-state index >= 15 is 0 Å². The maximum absolute atomic E-state index is 12.6. The topological polar surface area (TPSA) is 131 Å². The van der Waals surface area contributed by atoms with E-state index in [1.165, 1.54) is 32.3 Å². The Hall–Kier alpha value is -2.67. The van der Waals surface area contributed by atoms with E-state index in [2.05, 4.69) is 10.0 Å². The van der Waals surface area contributed by atoms with Crippen molar-refractivity contribution in [3.05, 3.63) is 48.0 Å². The number of sulfonamides is 2. The second-order valence-electron chi connectivity index (χ2n) is 7.48. The average Bonchev–Trinajstić information content (AvgIpc) is 3.02. The Morgan fingerprint density at radius 2 is 1.70 bits per heavy atom. The van der Waals surface area contributed by atoms with Crippen LogP contribution in [0.4, 0.5) is 0 Å². The minimum absolute atomic E-state index is 0.00299. The monoisotopic (exact) mass is 497 g/mol. The molecule has 0 atom stereocenters. The molecule has 10 nitrogen and oxygen atoms in total. The lowest BCUT2D eigenvalue weighted by Crippen LogP contribution is -2.31. The van der Waals surface area contributed by atoms with E-state index in [1.54, 1.807) is 24.3 Å². The van der Waals surface area contributed by atoms with Crippen molar-refractivity contribution in [2.75, 3.05) is 33.9 Å². The fourth-order valence-corrected chi connectivity index (χ4v) is 5.24. The van der Waals surface area contributed by atoms with Gasteiger partial charge in [-0.2, -0.15) is 0 Å². The molecule has 3 rings (SSSR count). The fourth-order valence-electron chi connectivity index (χ4n) is 3.07. The highest BCUT2D eigenvalue weighted by Gasteiger charge is 2.21. The Labute approximate surface area is 194 Å². The zero-order valence-electron chi connectivity index (χ0n) is 18.4. The van der Waals surface area contributed by atoms with E-state index in [9.17, 15) is 21.6 Å². The van der Waals surface area contributed by atoms with Gasteiger partial charge in [0, 0.05) is 46.1 Å². The number of rotatable bonds is 9. The summed E-state index contributed by atoms with van der Waals surface area (Å²) in [6.07, 6.45) is 0.585. The second-order valence-corrected chi connectivity index (χ2v) is 11.4. The van der Waals surface area contributed by atoms with Gasteiger partial charge in [0.25, 0.3) is 0 Å². The van der Waals surface area contributed by atoms with E-state index in [-0.39, 0.29) is 29.3 Å². The summed E-state index contributed by atoms with van der Waals surface area (Å²) in [5.41, 5.74) is 0.437. The lowest BCUT2D eigenvalue weighted by Gasteiger charge is -2.15. The Bertz CT molecular complexity index is 1210. The van der Waals surface area contributed by atoms with Crippen molar-refractivity contribution in [3.63, 3.8) is 0 Å². The molecule has 0 fully saturated rings. The minimum atomic E-state index is -3.85. The number of fused-ring (bicyclic) bond motifs is 1. The van der Waals surface area contributed by atoms with Crippen LogP contribution >= 0.6 is 0 Å². The Balaban J connectivity index is 1.56. The molecule has 0 saturated carbocycles. The summed E-state index contributed by atoms with van der Waals surface area (Å²) in [5, 5.41) is 2.63. The van der Waals surface area contributed by atoms with Crippen molar-refractivity contribution in [3.8, 4) is 11.5 Å². The van der Waals surface area contributed by atoms with Gasteiger partial charge < -0.3 is 14.8 Å². The van der Waals surface area contributed by atoms with Crippen LogP contribution in [-0.2, 0) is 31.4 Å². The second kappa shape index (κ2) is 10.5. The van der Waals surface area contributed by atoms with Crippen LogP contribution in [-0.4, -0.2) is 60.9 Å². The van der Waals surface area contributed by atoms with Crippen LogP contribution in [0.5, 0.6) is 11.5 Å². The number of carbonyl (C=O) groups excluding carboxylic acids is 1. The number of amides is 1. The van der Waals surface area contributed by atoms with E-state index in [0.717, 1.165) is 4.31 Å². The molecule has 0 saturated heterocycles. The fraction of sp³-hybridized carbons (Fsp3) is 0.381. The Kier molecular flexibility index (Phi) is 7.95. The largest absolute Gasteiger partial charge is 0.490 e. The molecule has 1 aliphatic rings. The normalized spacial score (nSPS) is 14.0. The molecule has 33 heavy (non-hydrogen) atoms. The van der Waals surface area contributed by atoms with Gasteiger partial charge in [0.1, 0.15) is 0 Å². The van der Waals surface area contributed by atoms with Crippen LogP contribution in [0.15, 0.2) is 52.3 Å². The SMILES string of the molecule is CN(C)S(=O)(=O)c1ccccc1CNC(=O)CCNS(=O)(=O)c1ccc2c(c1)OCCCO2. The van der Waals surface area contributed by atoms with Gasteiger partial charge >= 0.3 is 0 Å². The molecule has 0 radical (unpaired) electrons. The van der Waals surface area contributed by atoms with Crippen LogP contribution in [0.3, 0.4) is 0 Å². The predicted octanol–water partition coefficient (Wildman–Crippen LogP) is 1.08. The van der Waals surface area contributed by atoms with Crippen LogP contribution < -0.4 is 19.5 Å². The van der Waals surface area contributed by atoms with E-state index in [4.69, 9.17) is 9.47 Å². The van der Waals surface area contributed by atoms with Gasteiger partial charge in [-0.1, -0.05) is 18.2 Å². The highest BCUT2D eigenvalue weighted by molar-refractivity contribution is 7.89. The van der Waals surface area contributed by atoms with Crippen molar-refractivity contribution >= 4 is 26.0 Å². The summed E-state index contributed by atoms with van der Waals surface area (Å²) in [6.45, 7) is 0.804. The predicted molar refractivity (Wildman–Crippen MR) is 121 cm³/mol. The molecule has 2 N–H and O–H groups in total. The maximum Gasteiger partial charge on any atom is 0.242 e. The number of ether oxygens (including phenoxy) is 2. The summed E-state index contributed by atoms with van der Waals surface area (Å²) in [7, 11) is -4.65. The van der Waals surface area contributed by atoms with Crippen molar-refractivity contribution < 1.29 is 31.1 Å². The van der Waals surface area contributed by atoms with Crippen LogP contribution in [0.2, 0.25) is 0 Å². The number of benzene rings is 2. The van der Waals surface area contributed by atoms with Crippen molar-refractivity contribution in [2.45, 2.75) is 29.2 Å². The lowest BCUT2D eigenvalue weighted by atomic mass is 10.2. The Morgan fingerprint density at radius 1 is 1.00 bits per heavy atom. The quantitative estimate of drug-likeness (QED) is 0.530. The zero-order chi connectivity index (χ0) is 24.1. The molecule has 0 aromatic heterocycles. The summed E-state index contributed by atoms with van der Waals surface area (Å²) in [4.78, 5) is 12.3. The molecule has 0 aliphatic carbocycles. The summed E-state index contributed by atoms with van der Waals surface area (Å²) in [5.74, 6) is 0.426. The third-order valence-electron chi connectivity index (χ3n) is 4.88. The molecule has 0 unspecified atom stereocenters. The van der Waals surface area contributed by atoms with Gasteiger partial charge in [0.15, 0.2) is 11.5 Å². The minimum Gasteiger partial charge on any atom is -0.490 e. The molecular weight excluding hydrogens is 470 g/mol. The highest BCUT2D eigenvalue weighted by Crippen LogP contribution is 2.31. The van der Waals surface area contributed by atoms with Gasteiger partial charge in [-0.25, -0.2) is 25.9 Å². The molecule has 2 aromatic carbocycles. The van der Waals surface area contributed by atoms with E-state index in [1.807, 2.05) is 0 Å². The molecule has 1 aliphatic heterocycles. The van der Waals surface area contributed by atoms with E-state index in [0.29, 0.717) is 36.7 Å². The smallest absolute Gasteiger partial charge is 0.242 e. The third-order valence-corrected chi connectivity index (χ3v) is 8.25. The van der Waals surface area contributed by atoms with Gasteiger partial charge in [-0.3, -0.25) is 4.79 Å². The van der Waals surface area contributed by atoms with Gasteiger partial charge in [0.05, 0.1) is 23.0 Å². The number of nitrogens with zero attached hydrogens (tertiary/aromatic N) is 1. The van der Waals surface area contributed by atoms with Crippen LogP contribution in [0, 0.1) is 0 Å². The third kappa shape index (κ3) is 6.22. The molecule has 12 heteroatoms. The van der Waals surface area contributed by atoms with Crippen molar-refractivity contribution in [1.82, 2.24) is 14.3 Å². The lowest BCUT2D eigenvalue weighted by molar-refractivity contribution is -0.121. The first kappa shape index (κ1) is 25.0. The first-order chi connectivity index (χ1) is 15.6. The van der Waals surface area contributed by atoms with Gasteiger partial charge in [-0.15, -0.1) is 0 Å².